The fourth-order valence-electron chi connectivity index (χ4n) is 2.86. The Hall–Kier alpha value is -0.830. The van der Waals surface area contributed by atoms with Crippen LogP contribution in [-0.4, -0.2) is 16.5 Å². The molecule has 0 unspecified atom stereocenters. The summed E-state index contributed by atoms with van der Waals surface area (Å²) in [7, 11) is 0. The third-order valence-corrected chi connectivity index (χ3v) is 4.66. The van der Waals surface area contributed by atoms with Gasteiger partial charge in [0.25, 0.3) is 0 Å². The average molecular weight is 266 g/mol. The number of hydrogen-bond acceptors (Lipinski definition) is 3. The van der Waals surface area contributed by atoms with Gasteiger partial charge in [-0.15, -0.1) is 0 Å². The molecule has 2 aliphatic carbocycles. The summed E-state index contributed by atoms with van der Waals surface area (Å²) in [4.78, 5) is 8.44. The molecule has 18 heavy (non-hydrogen) atoms. The summed E-state index contributed by atoms with van der Waals surface area (Å²) in [5.74, 6) is 1.92. The lowest BCUT2D eigenvalue weighted by atomic mass is 10.0. The molecule has 0 atom stereocenters. The van der Waals surface area contributed by atoms with Gasteiger partial charge in [0, 0.05) is 12.1 Å². The predicted molar refractivity (Wildman–Crippen MR) is 73.9 cm³/mol. The summed E-state index contributed by atoms with van der Waals surface area (Å²) in [6.07, 6.45) is 9.18. The van der Waals surface area contributed by atoms with Crippen LogP contribution in [0.2, 0.25) is 5.15 Å². The summed E-state index contributed by atoms with van der Waals surface area (Å²) in [6.45, 7) is 3.21. The molecule has 1 aromatic rings. The van der Waals surface area contributed by atoms with Crippen LogP contribution < -0.4 is 5.32 Å². The molecule has 0 spiro atoms. The number of aromatic nitrogens is 2. The highest BCUT2D eigenvalue weighted by molar-refractivity contribution is 6.30. The van der Waals surface area contributed by atoms with Gasteiger partial charge in [0.1, 0.15) is 17.3 Å². The molecule has 1 heterocycles. The summed E-state index contributed by atoms with van der Waals surface area (Å²) in [5.41, 5.74) is 1.66. The van der Waals surface area contributed by atoms with Crippen molar-refractivity contribution < 1.29 is 0 Å². The van der Waals surface area contributed by atoms with Crippen LogP contribution in [0.5, 0.6) is 0 Å². The van der Waals surface area contributed by atoms with Crippen molar-refractivity contribution >= 4 is 17.4 Å². The number of hydrogen-bond donors (Lipinski definition) is 1. The molecule has 2 saturated carbocycles. The van der Waals surface area contributed by atoms with Crippen LogP contribution in [0.4, 0.5) is 5.82 Å². The van der Waals surface area contributed by atoms with E-state index in [-0.39, 0.29) is 0 Å². The molecule has 1 aromatic heterocycles. The second-order valence-electron chi connectivity index (χ2n) is 5.73. The Morgan fingerprint density at radius 2 is 2.17 bits per heavy atom. The van der Waals surface area contributed by atoms with Crippen LogP contribution in [-0.2, 0) is 6.42 Å². The number of halogens is 1. The van der Waals surface area contributed by atoms with Crippen LogP contribution in [0, 0.1) is 11.3 Å². The molecule has 98 valence electrons. The summed E-state index contributed by atoms with van der Waals surface area (Å²) >= 11 is 6.16. The van der Waals surface area contributed by atoms with Crippen molar-refractivity contribution in [3.05, 3.63) is 17.0 Å². The normalized spacial score (nSPS) is 20.8. The minimum atomic E-state index is 0.584. The van der Waals surface area contributed by atoms with Gasteiger partial charge in [0.2, 0.25) is 0 Å². The molecular weight excluding hydrogens is 246 g/mol. The van der Waals surface area contributed by atoms with Gasteiger partial charge in [0.15, 0.2) is 0 Å². The van der Waals surface area contributed by atoms with E-state index in [0.29, 0.717) is 10.6 Å². The molecule has 0 aromatic carbocycles. The van der Waals surface area contributed by atoms with E-state index in [0.717, 1.165) is 36.7 Å². The van der Waals surface area contributed by atoms with Crippen molar-refractivity contribution in [3.8, 4) is 0 Å². The first-order valence-corrected chi connectivity index (χ1v) is 7.36. The van der Waals surface area contributed by atoms with Crippen LogP contribution in [0.3, 0.4) is 0 Å². The lowest BCUT2D eigenvalue weighted by Gasteiger charge is -2.17. The van der Waals surface area contributed by atoms with Gasteiger partial charge in [-0.2, -0.15) is 0 Å². The molecular formula is C14H20ClN3. The third kappa shape index (κ3) is 2.33. The molecule has 2 aliphatic rings. The Balaban J connectivity index is 1.70. The van der Waals surface area contributed by atoms with Crippen molar-refractivity contribution in [1.29, 1.82) is 0 Å². The largest absolute Gasteiger partial charge is 0.369 e. The molecule has 0 amide bonds. The number of nitrogens with one attached hydrogen (secondary N) is 1. The van der Waals surface area contributed by atoms with E-state index in [9.17, 15) is 0 Å². The van der Waals surface area contributed by atoms with E-state index in [2.05, 4.69) is 22.2 Å². The quantitative estimate of drug-likeness (QED) is 0.798. The third-order valence-electron chi connectivity index (χ3n) is 4.34. The fraction of sp³-hybridized carbons (Fsp3) is 0.714. The Labute approximate surface area is 113 Å². The Bertz CT molecular complexity index is 439. The molecule has 2 fully saturated rings. The zero-order chi connectivity index (χ0) is 12.6. The Morgan fingerprint density at radius 1 is 1.39 bits per heavy atom. The second kappa shape index (κ2) is 4.69. The highest BCUT2D eigenvalue weighted by Gasteiger charge is 2.53. The van der Waals surface area contributed by atoms with Crippen LogP contribution in [0.15, 0.2) is 6.33 Å². The van der Waals surface area contributed by atoms with Gasteiger partial charge in [-0.3, -0.25) is 0 Å². The molecule has 0 radical (unpaired) electrons. The number of anilines is 1. The topological polar surface area (TPSA) is 37.8 Å². The minimum absolute atomic E-state index is 0.584. The van der Waals surface area contributed by atoms with Crippen molar-refractivity contribution in [2.45, 2.75) is 45.4 Å². The number of nitrogens with zero attached hydrogens (tertiary/aromatic N) is 2. The first kappa shape index (κ1) is 12.2. The summed E-state index contributed by atoms with van der Waals surface area (Å²) < 4.78 is 0. The van der Waals surface area contributed by atoms with E-state index in [4.69, 9.17) is 11.6 Å². The standard InChI is InChI=1S/C14H20ClN3/c1-2-3-11-12(15)17-9-18-13(11)16-8-14(6-7-14)10-4-5-10/h9-10H,2-8H2,1H3,(H,16,17,18). The Kier molecular flexibility index (Phi) is 3.18. The van der Waals surface area contributed by atoms with Crippen LogP contribution >= 0.6 is 11.6 Å². The SMILES string of the molecule is CCCc1c(Cl)ncnc1NCC1(C2CC2)CC1. The fourth-order valence-corrected chi connectivity index (χ4v) is 3.09. The van der Waals surface area contributed by atoms with E-state index >= 15 is 0 Å². The van der Waals surface area contributed by atoms with Crippen molar-refractivity contribution in [3.63, 3.8) is 0 Å². The maximum Gasteiger partial charge on any atom is 0.137 e. The van der Waals surface area contributed by atoms with Gasteiger partial charge < -0.3 is 5.32 Å². The van der Waals surface area contributed by atoms with Gasteiger partial charge >= 0.3 is 0 Å². The lowest BCUT2D eigenvalue weighted by molar-refractivity contribution is 0.466. The first-order chi connectivity index (χ1) is 8.75. The highest BCUT2D eigenvalue weighted by atomic mass is 35.5. The Morgan fingerprint density at radius 3 is 2.78 bits per heavy atom. The van der Waals surface area contributed by atoms with E-state index < -0.39 is 0 Å². The van der Waals surface area contributed by atoms with E-state index in [1.165, 1.54) is 25.7 Å². The molecule has 0 saturated heterocycles. The maximum atomic E-state index is 6.16. The van der Waals surface area contributed by atoms with Gasteiger partial charge in [-0.05, 0) is 43.4 Å². The second-order valence-corrected chi connectivity index (χ2v) is 6.09. The maximum absolute atomic E-state index is 6.16. The van der Waals surface area contributed by atoms with Gasteiger partial charge in [-0.1, -0.05) is 24.9 Å². The van der Waals surface area contributed by atoms with Crippen molar-refractivity contribution in [1.82, 2.24) is 9.97 Å². The van der Waals surface area contributed by atoms with Gasteiger partial charge in [-0.25, -0.2) is 9.97 Å². The van der Waals surface area contributed by atoms with Crippen molar-refractivity contribution in [2.75, 3.05) is 11.9 Å². The molecule has 4 heteroatoms. The minimum Gasteiger partial charge on any atom is -0.369 e. The van der Waals surface area contributed by atoms with Crippen LogP contribution in [0.1, 0.15) is 44.6 Å². The zero-order valence-electron chi connectivity index (χ0n) is 10.9. The molecule has 3 rings (SSSR count). The predicted octanol–water partition coefficient (Wildman–Crippen LogP) is 3.68. The van der Waals surface area contributed by atoms with Crippen LogP contribution in [0.25, 0.3) is 0 Å². The smallest absolute Gasteiger partial charge is 0.137 e. The van der Waals surface area contributed by atoms with E-state index in [1.807, 2.05) is 0 Å². The van der Waals surface area contributed by atoms with Gasteiger partial charge in [0.05, 0.1) is 0 Å². The molecule has 0 bridgehead atoms. The summed E-state index contributed by atoms with van der Waals surface area (Å²) in [6, 6.07) is 0. The lowest BCUT2D eigenvalue weighted by Crippen LogP contribution is -2.19. The summed E-state index contributed by atoms with van der Waals surface area (Å²) in [5, 5.41) is 4.13. The van der Waals surface area contributed by atoms with E-state index in [1.54, 1.807) is 6.33 Å². The first-order valence-electron chi connectivity index (χ1n) is 6.98. The average Bonchev–Trinajstić information content (AvgIpc) is 3.23. The molecule has 0 aliphatic heterocycles. The monoisotopic (exact) mass is 265 g/mol. The molecule has 1 N–H and O–H groups in total. The van der Waals surface area contributed by atoms with Crippen molar-refractivity contribution in [2.24, 2.45) is 11.3 Å². The molecule has 3 nitrogen and oxygen atoms in total. The number of rotatable bonds is 6. The highest BCUT2D eigenvalue weighted by Crippen LogP contribution is 2.61. The zero-order valence-corrected chi connectivity index (χ0v) is 11.6.